The Morgan fingerprint density at radius 1 is 0.480 bits per heavy atom. The third-order valence-corrected chi connectivity index (χ3v) is 11.9. The summed E-state index contributed by atoms with van der Waals surface area (Å²) >= 11 is 18.0. The van der Waals surface area contributed by atoms with Crippen molar-refractivity contribution in [1.82, 2.24) is 9.80 Å². The third kappa shape index (κ3) is 30.8. The first-order valence-corrected chi connectivity index (χ1v) is 22.1. The molecule has 0 fully saturated rings. The summed E-state index contributed by atoms with van der Waals surface area (Å²) in [6.45, 7) is 36.0. The van der Waals surface area contributed by atoms with Crippen LogP contribution in [0.2, 0.25) is 0 Å². The first kappa shape index (κ1) is 49.2. The molecule has 0 rings (SSSR count). The second-order valence-corrected chi connectivity index (χ2v) is 16.5. The van der Waals surface area contributed by atoms with E-state index in [9.17, 15) is 0 Å². The molecule has 0 aromatic heterocycles. The summed E-state index contributed by atoms with van der Waals surface area (Å²) < 4.78 is 24.6. The van der Waals surface area contributed by atoms with Gasteiger partial charge in [-0.2, -0.15) is 23.5 Å². The van der Waals surface area contributed by atoms with E-state index in [0.29, 0.717) is 39.6 Å². The molecule has 0 unspecified atom stereocenters. The molecule has 50 heavy (non-hydrogen) atoms. The zero-order valence-electron chi connectivity index (χ0n) is 30.3. The van der Waals surface area contributed by atoms with Crippen molar-refractivity contribution in [3.63, 3.8) is 0 Å². The topological polar surface area (TPSA) is 43.4 Å². The highest BCUT2D eigenvalue weighted by atomic mass is 32.2. The molecule has 0 radical (unpaired) electrons. The molecule has 0 N–H and O–H groups in total. The van der Waals surface area contributed by atoms with Gasteiger partial charge < -0.3 is 28.7 Å². The van der Waals surface area contributed by atoms with Gasteiger partial charge in [0.1, 0.15) is 8.64 Å². The van der Waals surface area contributed by atoms with Gasteiger partial charge in [-0.3, -0.25) is 0 Å². The van der Waals surface area contributed by atoms with Crippen LogP contribution in [0.1, 0.15) is 25.7 Å². The van der Waals surface area contributed by atoms with Crippen molar-refractivity contribution in [3.05, 3.63) is 87.1 Å². The van der Waals surface area contributed by atoms with E-state index in [1.165, 1.54) is 16.7 Å². The SMILES string of the molecule is C=CCN(CC=C)C(=S)SCC(=C)CCCOCCOCCSCC(=C)CSCCOCCOCCCC(=C)CSC(=S)N(CC=C)CC=C. The van der Waals surface area contributed by atoms with Gasteiger partial charge in [-0.05, 0) is 25.7 Å². The molecule has 0 aromatic carbocycles. The van der Waals surface area contributed by atoms with Crippen LogP contribution in [0.3, 0.4) is 0 Å². The quantitative estimate of drug-likeness (QED) is 0.0345. The van der Waals surface area contributed by atoms with Crippen molar-refractivity contribution in [2.24, 2.45) is 0 Å². The highest BCUT2D eigenvalue weighted by Gasteiger charge is 2.09. The molecule has 0 aliphatic heterocycles. The number of hydrogen-bond donors (Lipinski definition) is 0. The molecule has 0 saturated heterocycles. The normalized spacial score (nSPS) is 10.7. The minimum Gasteiger partial charge on any atom is -0.379 e. The fourth-order valence-corrected chi connectivity index (χ4v) is 7.86. The second kappa shape index (κ2) is 36.6. The molecule has 0 atom stereocenters. The summed E-state index contributed by atoms with van der Waals surface area (Å²) in [5, 5.41) is 0. The summed E-state index contributed by atoms with van der Waals surface area (Å²) in [6, 6.07) is 0. The van der Waals surface area contributed by atoms with Gasteiger partial charge in [0.15, 0.2) is 0 Å². The first-order valence-electron chi connectivity index (χ1n) is 17.0. The van der Waals surface area contributed by atoms with Gasteiger partial charge in [0.05, 0.1) is 39.6 Å². The smallest absolute Gasteiger partial charge is 0.137 e. The molecule has 0 aliphatic rings. The van der Waals surface area contributed by atoms with Gasteiger partial charge in [0, 0.05) is 73.9 Å². The molecular weight excluding hydrogens is 741 g/mol. The lowest BCUT2D eigenvalue weighted by atomic mass is 10.2. The number of hydrogen-bond acceptors (Lipinski definition) is 10. The number of rotatable bonds is 36. The Morgan fingerprint density at radius 3 is 1.16 bits per heavy atom. The maximum atomic E-state index is 5.71. The molecule has 0 heterocycles. The van der Waals surface area contributed by atoms with Gasteiger partial charge in [-0.1, -0.05) is 109 Å². The minimum atomic E-state index is 0.615. The largest absolute Gasteiger partial charge is 0.379 e. The van der Waals surface area contributed by atoms with Crippen LogP contribution < -0.4 is 0 Å². The summed E-state index contributed by atoms with van der Waals surface area (Å²) in [5.74, 6) is 5.46. The molecular formula is C38H62N2O4S6. The molecule has 6 nitrogen and oxygen atoms in total. The average Bonchev–Trinajstić information content (AvgIpc) is 3.10. The summed E-state index contributed by atoms with van der Waals surface area (Å²) in [4.78, 5) is 4.16. The minimum absolute atomic E-state index is 0.615. The van der Waals surface area contributed by atoms with Crippen molar-refractivity contribution in [2.45, 2.75) is 25.7 Å². The molecule has 0 aromatic rings. The maximum Gasteiger partial charge on any atom is 0.137 e. The van der Waals surface area contributed by atoms with Crippen molar-refractivity contribution < 1.29 is 18.9 Å². The summed E-state index contributed by atoms with van der Waals surface area (Å²) in [7, 11) is 0. The average molecular weight is 803 g/mol. The van der Waals surface area contributed by atoms with E-state index in [4.69, 9.17) is 43.4 Å². The zero-order chi connectivity index (χ0) is 37.1. The number of ether oxygens (including phenoxy) is 4. The lowest BCUT2D eigenvalue weighted by molar-refractivity contribution is 0.0530. The van der Waals surface area contributed by atoms with Gasteiger partial charge in [0.25, 0.3) is 0 Å². The maximum absolute atomic E-state index is 5.71. The Morgan fingerprint density at radius 2 is 0.820 bits per heavy atom. The zero-order valence-corrected chi connectivity index (χ0v) is 35.2. The van der Waals surface area contributed by atoms with Gasteiger partial charge in [0.2, 0.25) is 0 Å². The fourth-order valence-electron chi connectivity index (χ4n) is 3.93. The molecule has 0 spiro atoms. The van der Waals surface area contributed by atoms with E-state index < -0.39 is 0 Å². The van der Waals surface area contributed by atoms with Crippen LogP contribution in [-0.4, -0.2) is 132 Å². The Hall–Kier alpha value is -0.800. The van der Waals surface area contributed by atoms with E-state index in [2.05, 4.69) is 55.9 Å². The van der Waals surface area contributed by atoms with E-state index in [-0.39, 0.29) is 0 Å². The predicted octanol–water partition coefficient (Wildman–Crippen LogP) is 9.13. The number of nitrogens with zero attached hydrogens (tertiary/aromatic N) is 2. The Labute approximate surface area is 333 Å². The Bertz CT molecular complexity index is 914. The standard InChI is InChI=1S/C38H62N2O4S6/c1-8-16-39(17-9-2)37(45)49-32-34(5)14-12-20-41-22-24-43-26-28-47-30-36(7)31-48-29-27-44-25-23-42-21-13-15-35(6)33-50-38(46)40(18-10-3)19-11-4/h8-11H,1-7,12-33H2. The Balaban J connectivity index is 3.51. The number of thioether (sulfide) groups is 4. The van der Waals surface area contributed by atoms with Gasteiger partial charge >= 0.3 is 0 Å². The second-order valence-electron chi connectivity index (χ2n) is 11.1. The van der Waals surface area contributed by atoms with Crippen LogP contribution in [0, 0.1) is 0 Å². The fraction of sp³-hybridized carbons (Fsp3) is 0.579. The van der Waals surface area contributed by atoms with Crippen LogP contribution in [0.15, 0.2) is 87.1 Å². The van der Waals surface area contributed by atoms with E-state index in [0.717, 1.165) is 108 Å². The highest BCUT2D eigenvalue weighted by Crippen LogP contribution is 2.18. The summed E-state index contributed by atoms with van der Waals surface area (Å²) in [5.41, 5.74) is 3.59. The Kier molecular flexibility index (Phi) is 36.0. The molecule has 12 heteroatoms. The van der Waals surface area contributed by atoms with Crippen molar-refractivity contribution >= 4 is 80.1 Å². The van der Waals surface area contributed by atoms with Gasteiger partial charge in [-0.15, -0.1) is 26.3 Å². The molecule has 0 bridgehead atoms. The molecule has 0 aliphatic carbocycles. The lowest BCUT2D eigenvalue weighted by Gasteiger charge is -2.21. The van der Waals surface area contributed by atoms with E-state index in [1.807, 2.05) is 47.8 Å². The molecule has 0 saturated carbocycles. The first-order chi connectivity index (χ1) is 24.3. The number of thiocarbonyl (C=S) groups is 2. The lowest BCUT2D eigenvalue weighted by Crippen LogP contribution is -2.27. The van der Waals surface area contributed by atoms with Crippen LogP contribution >= 0.6 is 71.5 Å². The summed E-state index contributed by atoms with van der Waals surface area (Å²) in [6.07, 6.45) is 11.2. The van der Waals surface area contributed by atoms with Crippen LogP contribution in [0.5, 0.6) is 0 Å². The van der Waals surface area contributed by atoms with Crippen LogP contribution in [0.4, 0.5) is 0 Å². The highest BCUT2D eigenvalue weighted by molar-refractivity contribution is 8.23. The van der Waals surface area contributed by atoms with Gasteiger partial charge in [-0.25, -0.2) is 0 Å². The third-order valence-electron chi connectivity index (χ3n) is 6.45. The monoisotopic (exact) mass is 802 g/mol. The molecule has 0 amide bonds. The molecule has 284 valence electrons. The van der Waals surface area contributed by atoms with Crippen molar-refractivity contribution in [3.8, 4) is 0 Å². The van der Waals surface area contributed by atoms with Crippen LogP contribution in [0.25, 0.3) is 0 Å². The van der Waals surface area contributed by atoms with Crippen LogP contribution in [-0.2, 0) is 18.9 Å². The van der Waals surface area contributed by atoms with Crippen molar-refractivity contribution in [1.29, 1.82) is 0 Å². The van der Waals surface area contributed by atoms with Crippen molar-refractivity contribution in [2.75, 3.05) is 114 Å². The van der Waals surface area contributed by atoms with E-state index >= 15 is 0 Å². The van der Waals surface area contributed by atoms with E-state index in [1.54, 1.807) is 23.5 Å². The predicted molar refractivity (Wildman–Crippen MR) is 238 cm³/mol.